The van der Waals surface area contributed by atoms with Crippen LogP contribution in [0.1, 0.15) is 18.9 Å². The maximum absolute atomic E-state index is 12.1. The van der Waals surface area contributed by atoms with Gasteiger partial charge in [0.25, 0.3) is 0 Å². The average molecular weight is 289 g/mol. The molecule has 5 nitrogen and oxygen atoms in total. The van der Waals surface area contributed by atoms with Crippen LogP contribution in [-0.4, -0.2) is 35.2 Å². The number of fused-ring (bicyclic) bond motifs is 1. The highest BCUT2D eigenvalue weighted by Gasteiger charge is 2.63. The Hall–Kier alpha value is -2.04. The standard InChI is InChI=1S/C16H19NO4/c1-11-7-16(14(18)19)10-17(8-13(11)16)15(20)21-9-12-5-3-2-4-6-12/h2-6,11,13H,7-10H2,1H3,(H,18,19)/t11-,13?,16?/m1/s1. The first-order chi connectivity index (χ1) is 10.0. The summed E-state index contributed by atoms with van der Waals surface area (Å²) in [7, 11) is 0. The first kappa shape index (κ1) is 13.9. The normalized spacial score (nSPS) is 30.4. The molecule has 1 saturated carbocycles. The van der Waals surface area contributed by atoms with Crippen molar-refractivity contribution in [3.05, 3.63) is 35.9 Å². The molecule has 0 radical (unpaired) electrons. The van der Waals surface area contributed by atoms with Crippen molar-refractivity contribution in [3.63, 3.8) is 0 Å². The summed E-state index contributed by atoms with van der Waals surface area (Å²) in [5.41, 5.74) is 0.180. The van der Waals surface area contributed by atoms with Crippen LogP contribution >= 0.6 is 0 Å². The number of nitrogens with zero attached hydrogens (tertiary/aromatic N) is 1. The zero-order valence-corrected chi connectivity index (χ0v) is 12.0. The molecule has 1 aromatic carbocycles. The topological polar surface area (TPSA) is 66.8 Å². The summed E-state index contributed by atoms with van der Waals surface area (Å²) in [5, 5.41) is 9.44. The molecule has 1 N–H and O–H groups in total. The summed E-state index contributed by atoms with van der Waals surface area (Å²) in [4.78, 5) is 25.2. The number of carbonyl (C=O) groups excluding carboxylic acids is 1. The summed E-state index contributed by atoms with van der Waals surface area (Å²) < 4.78 is 5.29. The Morgan fingerprint density at radius 2 is 2.10 bits per heavy atom. The molecule has 0 aromatic heterocycles. The quantitative estimate of drug-likeness (QED) is 0.927. The van der Waals surface area contributed by atoms with Crippen LogP contribution in [0.2, 0.25) is 0 Å². The lowest BCUT2D eigenvalue weighted by Gasteiger charge is -2.45. The molecule has 1 aliphatic carbocycles. The summed E-state index contributed by atoms with van der Waals surface area (Å²) in [5.74, 6) is -0.378. The van der Waals surface area contributed by atoms with E-state index in [1.165, 1.54) is 0 Å². The van der Waals surface area contributed by atoms with Gasteiger partial charge in [0.2, 0.25) is 0 Å². The lowest BCUT2D eigenvalue weighted by atomic mass is 9.56. The summed E-state index contributed by atoms with van der Waals surface area (Å²) in [6, 6.07) is 9.46. The molecule has 1 heterocycles. The molecule has 1 amide bonds. The van der Waals surface area contributed by atoms with Gasteiger partial charge < -0.3 is 14.7 Å². The number of likely N-dealkylation sites (tertiary alicyclic amines) is 1. The molecule has 3 rings (SSSR count). The minimum atomic E-state index is -0.788. The number of hydrogen-bond donors (Lipinski definition) is 1. The third kappa shape index (κ3) is 2.26. The third-order valence-electron chi connectivity index (χ3n) is 4.86. The molecule has 2 fully saturated rings. The number of amides is 1. The fourth-order valence-electron chi connectivity index (χ4n) is 3.69. The summed E-state index contributed by atoms with van der Waals surface area (Å²) in [6.45, 7) is 3.02. The van der Waals surface area contributed by atoms with Crippen LogP contribution in [0.15, 0.2) is 30.3 Å². The first-order valence-electron chi connectivity index (χ1n) is 7.22. The molecular weight excluding hydrogens is 270 g/mol. The number of benzene rings is 1. The largest absolute Gasteiger partial charge is 0.481 e. The Bertz CT molecular complexity index is 559. The highest BCUT2D eigenvalue weighted by Crippen LogP contribution is 2.55. The maximum atomic E-state index is 12.1. The van der Waals surface area contributed by atoms with E-state index >= 15 is 0 Å². The van der Waals surface area contributed by atoms with Gasteiger partial charge in [0.1, 0.15) is 6.61 Å². The molecule has 2 aliphatic rings. The van der Waals surface area contributed by atoms with Crippen molar-refractivity contribution in [2.24, 2.45) is 17.3 Å². The molecular formula is C16H19NO4. The van der Waals surface area contributed by atoms with Gasteiger partial charge in [-0.2, -0.15) is 0 Å². The van der Waals surface area contributed by atoms with E-state index in [4.69, 9.17) is 4.74 Å². The van der Waals surface area contributed by atoms with E-state index in [-0.39, 0.29) is 19.1 Å². The number of ether oxygens (including phenoxy) is 1. The molecule has 0 bridgehead atoms. The smallest absolute Gasteiger partial charge is 0.410 e. The van der Waals surface area contributed by atoms with Crippen LogP contribution in [0.3, 0.4) is 0 Å². The lowest BCUT2D eigenvalue weighted by Crippen LogP contribution is -2.51. The predicted octanol–water partition coefficient (Wildman–Crippen LogP) is 2.37. The minimum absolute atomic E-state index is 0.0549. The molecule has 1 saturated heterocycles. The fraction of sp³-hybridized carbons (Fsp3) is 0.500. The van der Waals surface area contributed by atoms with Gasteiger partial charge in [-0.3, -0.25) is 4.79 Å². The molecule has 0 spiro atoms. The van der Waals surface area contributed by atoms with Crippen LogP contribution in [0, 0.1) is 17.3 Å². The van der Waals surface area contributed by atoms with Gasteiger partial charge in [-0.1, -0.05) is 37.3 Å². The van der Waals surface area contributed by atoms with Gasteiger partial charge in [0.15, 0.2) is 0 Å². The summed E-state index contributed by atoms with van der Waals surface area (Å²) >= 11 is 0. The second kappa shape index (κ2) is 5.06. The average Bonchev–Trinajstić information content (AvgIpc) is 2.80. The molecule has 5 heteroatoms. The second-order valence-electron chi connectivity index (χ2n) is 6.17. The number of rotatable bonds is 3. The summed E-state index contributed by atoms with van der Waals surface area (Å²) in [6.07, 6.45) is 0.233. The van der Waals surface area contributed by atoms with E-state index in [9.17, 15) is 14.7 Å². The number of carboxylic acids is 1. The number of aliphatic carboxylic acids is 1. The molecule has 1 aliphatic heterocycles. The van der Waals surface area contributed by atoms with Gasteiger partial charge >= 0.3 is 12.1 Å². The monoisotopic (exact) mass is 289 g/mol. The number of carbonyl (C=O) groups is 2. The predicted molar refractivity (Wildman–Crippen MR) is 75.5 cm³/mol. The van der Waals surface area contributed by atoms with E-state index < -0.39 is 17.5 Å². The highest BCUT2D eigenvalue weighted by atomic mass is 16.6. The SMILES string of the molecule is C[C@@H]1CC2(C(=O)O)CN(C(=O)OCc3ccccc3)CC12. The third-order valence-corrected chi connectivity index (χ3v) is 4.86. The molecule has 2 unspecified atom stereocenters. The van der Waals surface area contributed by atoms with Gasteiger partial charge in [0.05, 0.1) is 5.41 Å². The van der Waals surface area contributed by atoms with E-state index in [1.807, 2.05) is 37.3 Å². The van der Waals surface area contributed by atoms with Crippen LogP contribution in [0.5, 0.6) is 0 Å². The minimum Gasteiger partial charge on any atom is -0.481 e. The van der Waals surface area contributed by atoms with Crippen molar-refractivity contribution in [1.29, 1.82) is 0 Å². The Labute approximate surface area is 123 Å². The van der Waals surface area contributed by atoms with Gasteiger partial charge in [-0.05, 0) is 23.8 Å². The zero-order valence-electron chi connectivity index (χ0n) is 12.0. The number of carboxylic acid groups (broad SMARTS) is 1. The van der Waals surface area contributed by atoms with Crippen molar-refractivity contribution in [2.45, 2.75) is 20.0 Å². The van der Waals surface area contributed by atoms with E-state index in [2.05, 4.69) is 0 Å². The van der Waals surface area contributed by atoms with Gasteiger partial charge in [-0.15, -0.1) is 0 Å². The van der Waals surface area contributed by atoms with Crippen molar-refractivity contribution in [2.75, 3.05) is 13.1 Å². The Balaban J connectivity index is 1.61. The lowest BCUT2D eigenvalue weighted by molar-refractivity contribution is -0.161. The van der Waals surface area contributed by atoms with Crippen molar-refractivity contribution in [1.82, 2.24) is 4.90 Å². The maximum Gasteiger partial charge on any atom is 0.410 e. The Morgan fingerprint density at radius 1 is 1.38 bits per heavy atom. The first-order valence-corrected chi connectivity index (χ1v) is 7.22. The van der Waals surface area contributed by atoms with Gasteiger partial charge in [-0.25, -0.2) is 4.79 Å². The van der Waals surface area contributed by atoms with Crippen molar-refractivity contribution >= 4 is 12.1 Å². The Morgan fingerprint density at radius 3 is 2.67 bits per heavy atom. The fourth-order valence-corrected chi connectivity index (χ4v) is 3.69. The van der Waals surface area contributed by atoms with Gasteiger partial charge in [0, 0.05) is 13.1 Å². The van der Waals surface area contributed by atoms with Crippen LogP contribution < -0.4 is 0 Å². The zero-order chi connectivity index (χ0) is 15.0. The number of hydrogen-bond acceptors (Lipinski definition) is 3. The van der Waals surface area contributed by atoms with Crippen LogP contribution in [-0.2, 0) is 16.1 Å². The molecule has 112 valence electrons. The van der Waals surface area contributed by atoms with E-state index in [0.717, 1.165) is 5.56 Å². The van der Waals surface area contributed by atoms with E-state index in [0.29, 0.717) is 18.9 Å². The molecule has 3 atom stereocenters. The highest BCUT2D eigenvalue weighted by molar-refractivity contribution is 5.79. The van der Waals surface area contributed by atoms with Crippen molar-refractivity contribution in [3.8, 4) is 0 Å². The molecule has 21 heavy (non-hydrogen) atoms. The van der Waals surface area contributed by atoms with E-state index in [1.54, 1.807) is 4.90 Å². The van der Waals surface area contributed by atoms with Crippen LogP contribution in [0.25, 0.3) is 0 Å². The second-order valence-corrected chi connectivity index (χ2v) is 6.17. The Kier molecular flexibility index (Phi) is 3.35. The van der Waals surface area contributed by atoms with Crippen LogP contribution in [0.4, 0.5) is 4.79 Å². The molecule has 1 aromatic rings. The van der Waals surface area contributed by atoms with Crippen molar-refractivity contribution < 1.29 is 19.4 Å².